The summed E-state index contributed by atoms with van der Waals surface area (Å²) in [7, 11) is 0. The van der Waals surface area contributed by atoms with Crippen LogP contribution in [0.4, 0.5) is 14.5 Å². The smallest absolute Gasteiger partial charge is 0.258 e. The molecule has 3 nitrogen and oxygen atoms in total. The van der Waals surface area contributed by atoms with E-state index in [2.05, 4.69) is 0 Å². The van der Waals surface area contributed by atoms with Gasteiger partial charge >= 0.3 is 0 Å². The van der Waals surface area contributed by atoms with Crippen molar-refractivity contribution in [3.63, 3.8) is 0 Å². The Hall–Kier alpha value is -1.78. The van der Waals surface area contributed by atoms with E-state index in [1.807, 2.05) is 0 Å². The number of benzene rings is 1. The summed E-state index contributed by atoms with van der Waals surface area (Å²) in [5.74, 6) is 0. The number of nitrogens with zero attached hydrogens (tertiary/aromatic N) is 1. The normalized spacial score (nSPS) is 9.64. The molecule has 1 aromatic rings. The molecule has 0 saturated heterocycles. The van der Waals surface area contributed by atoms with Gasteiger partial charge in [0.1, 0.15) is 0 Å². The van der Waals surface area contributed by atoms with Crippen LogP contribution in [-0.2, 0) is 0 Å². The van der Waals surface area contributed by atoms with E-state index < -0.39 is 11.0 Å². The van der Waals surface area contributed by atoms with E-state index in [9.17, 15) is 18.9 Å². The lowest BCUT2D eigenvalue weighted by Gasteiger charge is -1.99. The summed E-state index contributed by atoms with van der Waals surface area (Å²) < 4.78 is 24.3. The highest BCUT2D eigenvalue weighted by Gasteiger charge is 2.09. The van der Waals surface area contributed by atoms with E-state index in [-0.39, 0.29) is 16.8 Å². The molecular weight excluding hydrogens is 192 g/mol. The molecule has 0 aliphatic rings. The van der Waals surface area contributed by atoms with E-state index in [0.29, 0.717) is 0 Å². The number of rotatable bonds is 2. The minimum Gasteiger partial charge on any atom is -0.258 e. The molecule has 0 aliphatic carbocycles. The predicted molar refractivity (Wildman–Crippen MR) is 47.9 cm³/mol. The van der Waals surface area contributed by atoms with Crippen LogP contribution in [0.2, 0.25) is 0 Å². The van der Waals surface area contributed by atoms with Crippen molar-refractivity contribution in [3.8, 4) is 0 Å². The van der Waals surface area contributed by atoms with Crippen molar-refractivity contribution in [1.82, 2.24) is 0 Å². The zero-order valence-corrected chi connectivity index (χ0v) is 7.33. The third kappa shape index (κ3) is 2.12. The second-order valence-corrected chi connectivity index (χ2v) is 2.69. The van der Waals surface area contributed by atoms with Gasteiger partial charge < -0.3 is 0 Å². The van der Waals surface area contributed by atoms with Gasteiger partial charge in [0.2, 0.25) is 0 Å². The second-order valence-electron chi connectivity index (χ2n) is 2.69. The van der Waals surface area contributed by atoms with Gasteiger partial charge in [-0.1, -0.05) is 12.1 Å². The van der Waals surface area contributed by atoms with Crippen molar-refractivity contribution in [3.05, 3.63) is 46.0 Å². The Morgan fingerprint density at radius 2 is 2.07 bits per heavy atom. The third-order valence-corrected chi connectivity index (χ3v) is 1.77. The third-order valence-electron chi connectivity index (χ3n) is 1.77. The maximum Gasteiger partial charge on any atom is 0.273 e. The van der Waals surface area contributed by atoms with Gasteiger partial charge in [0.05, 0.1) is 4.92 Å². The molecule has 5 heteroatoms. The minimum absolute atomic E-state index is 0.166. The van der Waals surface area contributed by atoms with Crippen molar-refractivity contribution in [2.24, 2.45) is 0 Å². The number of halogens is 2. The highest BCUT2D eigenvalue weighted by atomic mass is 19.3. The largest absolute Gasteiger partial charge is 0.273 e. The van der Waals surface area contributed by atoms with Gasteiger partial charge in [-0.3, -0.25) is 10.1 Å². The van der Waals surface area contributed by atoms with Gasteiger partial charge in [-0.25, -0.2) is 0 Å². The SMILES string of the molecule is CC(=C(F)F)c1cccc([N+](=O)[O-])c1. The van der Waals surface area contributed by atoms with Crippen LogP contribution in [0.25, 0.3) is 5.57 Å². The highest BCUT2D eigenvalue weighted by molar-refractivity contribution is 5.66. The maximum absolute atomic E-state index is 12.2. The molecule has 1 rings (SSSR count). The fourth-order valence-corrected chi connectivity index (χ4v) is 0.962. The topological polar surface area (TPSA) is 43.1 Å². The molecule has 0 aromatic heterocycles. The Kier molecular flexibility index (Phi) is 2.91. The molecule has 0 spiro atoms. The van der Waals surface area contributed by atoms with E-state index in [4.69, 9.17) is 0 Å². The Morgan fingerprint density at radius 1 is 1.43 bits per heavy atom. The quantitative estimate of drug-likeness (QED) is 0.542. The fraction of sp³-hybridized carbons (Fsp3) is 0.111. The molecular formula is C9H7F2NO2. The van der Waals surface area contributed by atoms with E-state index >= 15 is 0 Å². The summed E-state index contributed by atoms with van der Waals surface area (Å²) in [6.07, 6.45) is -1.83. The van der Waals surface area contributed by atoms with E-state index in [1.54, 1.807) is 0 Å². The van der Waals surface area contributed by atoms with Crippen LogP contribution in [0.15, 0.2) is 30.3 Å². The van der Waals surface area contributed by atoms with Crippen LogP contribution >= 0.6 is 0 Å². The molecule has 0 atom stereocenters. The van der Waals surface area contributed by atoms with Crippen LogP contribution in [0, 0.1) is 10.1 Å². The molecule has 0 bridgehead atoms. The lowest BCUT2D eigenvalue weighted by molar-refractivity contribution is -0.384. The minimum atomic E-state index is -1.83. The van der Waals surface area contributed by atoms with Gasteiger partial charge in [0.25, 0.3) is 11.8 Å². The van der Waals surface area contributed by atoms with Gasteiger partial charge in [-0.15, -0.1) is 0 Å². The summed E-state index contributed by atoms with van der Waals surface area (Å²) in [5.41, 5.74) is -0.268. The van der Waals surface area contributed by atoms with Crippen molar-refractivity contribution in [2.45, 2.75) is 6.92 Å². The second kappa shape index (κ2) is 3.95. The Morgan fingerprint density at radius 3 is 2.57 bits per heavy atom. The predicted octanol–water partition coefficient (Wildman–Crippen LogP) is 3.22. The molecule has 1 aromatic carbocycles. The highest BCUT2D eigenvalue weighted by Crippen LogP contribution is 2.23. The maximum atomic E-state index is 12.2. The summed E-state index contributed by atoms with van der Waals surface area (Å²) in [4.78, 5) is 9.73. The van der Waals surface area contributed by atoms with Crippen LogP contribution in [-0.4, -0.2) is 4.92 Å². The molecule has 0 N–H and O–H groups in total. The van der Waals surface area contributed by atoms with E-state index in [1.165, 1.54) is 25.1 Å². The van der Waals surface area contributed by atoms with Crippen LogP contribution in [0.1, 0.15) is 12.5 Å². The lowest BCUT2D eigenvalue weighted by atomic mass is 10.1. The Labute approximate surface area is 78.8 Å². The van der Waals surface area contributed by atoms with Gasteiger partial charge in [0, 0.05) is 17.7 Å². The first-order valence-corrected chi connectivity index (χ1v) is 3.79. The van der Waals surface area contributed by atoms with Crippen LogP contribution in [0.5, 0.6) is 0 Å². The zero-order valence-electron chi connectivity index (χ0n) is 7.33. The van der Waals surface area contributed by atoms with Gasteiger partial charge in [-0.2, -0.15) is 8.78 Å². The molecule has 0 unspecified atom stereocenters. The van der Waals surface area contributed by atoms with Crippen LogP contribution in [0.3, 0.4) is 0 Å². The number of nitro groups is 1. The van der Waals surface area contributed by atoms with Crippen molar-refractivity contribution in [1.29, 1.82) is 0 Å². The first-order chi connectivity index (χ1) is 6.52. The molecule has 0 radical (unpaired) electrons. The molecule has 74 valence electrons. The summed E-state index contributed by atoms with van der Waals surface area (Å²) in [6.45, 7) is 1.22. The summed E-state index contributed by atoms with van der Waals surface area (Å²) in [6, 6.07) is 5.16. The number of non-ortho nitro benzene ring substituents is 1. The molecule has 0 saturated carbocycles. The number of hydrogen-bond donors (Lipinski definition) is 0. The average Bonchev–Trinajstić information content (AvgIpc) is 2.16. The lowest BCUT2D eigenvalue weighted by Crippen LogP contribution is -1.89. The van der Waals surface area contributed by atoms with Crippen molar-refractivity contribution in [2.75, 3.05) is 0 Å². The number of nitro benzene ring substituents is 1. The molecule has 0 heterocycles. The Bertz CT molecular complexity index is 398. The summed E-state index contributed by atoms with van der Waals surface area (Å²) in [5, 5.41) is 10.3. The first-order valence-electron chi connectivity index (χ1n) is 3.79. The fourth-order valence-electron chi connectivity index (χ4n) is 0.962. The van der Waals surface area contributed by atoms with Crippen molar-refractivity contribution < 1.29 is 13.7 Å². The molecule has 0 fully saturated rings. The number of hydrogen-bond acceptors (Lipinski definition) is 2. The van der Waals surface area contributed by atoms with E-state index in [0.717, 1.165) is 6.07 Å². The molecule has 0 amide bonds. The van der Waals surface area contributed by atoms with Crippen molar-refractivity contribution >= 4 is 11.3 Å². The Balaban J connectivity index is 3.19. The first kappa shape index (κ1) is 10.3. The number of allylic oxidation sites excluding steroid dienone is 1. The van der Waals surface area contributed by atoms with Gasteiger partial charge in [0.15, 0.2) is 0 Å². The van der Waals surface area contributed by atoms with Crippen LogP contribution < -0.4 is 0 Å². The monoisotopic (exact) mass is 199 g/mol. The van der Waals surface area contributed by atoms with Gasteiger partial charge in [-0.05, 0) is 12.5 Å². The molecule has 0 aliphatic heterocycles. The molecule has 14 heavy (non-hydrogen) atoms. The summed E-state index contributed by atoms with van der Waals surface area (Å²) >= 11 is 0. The standard InChI is InChI=1S/C9H7F2NO2/c1-6(9(10)11)7-3-2-4-8(5-7)12(13)14/h2-5H,1H3. The average molecular weight is 199 g/mol. The zero-order chi connectivity index (χ0) is 10.7.